The number of aromatic nitrogens is 4. The molecule has 0 saturated heterocycles. The summed E-state index contributed by atoms with van der Waals surface area (Å²) in [7, 11) is 0. The van der Waals surface area contributed by atoms with E-state index in [1.54, 1.807) is 28.8 Å². The highest BCUT2D eigenvalue weighted by molar-refractivity contribution is 7.15. The van der Waals surface area contributed by atoms with E-state index in [4.69, 9.17) is 0 Å². The lowest BCUT2D eigenvalue weighted by Crippen LogP contribution is -2.22. The first-order valence-electron chi connectivity index (χ1n) is 8.32. The first kappa shape index (κ1) is 16.3. The first-order valence-corrected chi connectivity index (χ1v) is 9.13. The molecule has 0 atom stereocenters. The summed E-state index contributed by atoms with van der Waals surface area (Å²) < 4.78 is 2.11. The number of fused-ring (bicyclic) bond motifs is 3. The summed E-state index contributed by atoms with van der Waals surface area (Å²) in [6.45, 7) is 0. The van der Waals surface area contributed by atoms with E-state index in [2.05, 4.69) is 15.2 Å². The molecule has 0 radical (unpaired) electrons. The van der Waals surface area contributed by atoms with E-state index in [1.807, 2.05) is 24.3 Å². The molecule has 0 unspecified atom stereocenters. The number of benzene rings is 2. The molecule has 5 rings (SSSR count). The summed E-state index contributed by atoms with van der Waals surface area (Å²) in [4.78, 5) is 28.6. The number of imidazole rings is 1. The van der Waals surface area contributed by atoms with Gasteiger partial charge in [0.05, 0.1) is 32.4 Å². The summed E-state index contributed by atoms with van der Waals surface area (Å²) in [5, 5.41) is 17.9. The second kappa shape index (κ2) is 6.10. The third-order valence-corrected chi connectivity index (χ3v) is 5.41. The molecule has 0 aliphatic carbocycles. The zero-order valence-electron chi connectivity index (χ0n) is 14.2. The third-order valence-electron chi connectivity index (χ3n) is 4.45. The van der Waals surface area contributed by atoms with Gasteiger partial charge < -0.3 is 0 Å². The zero-order valence-corrected chi connectivity index (χ0v) is 15.0. The number of non-ortho nitro benzene ring substituents is 1. The number of rotatable bonds is 3. The van der Waals surface area contributed by atoms with Crippen molar-refractivity contribution >= 4 is 39.1 Å². The maximum absolute atomic E-state index is 12.9. The number of thiazole rings is 1. The standard InChI is InChI=1S/C19H11N5O3S/c25-18-16(28-19-21-14-6-1-2-7-15(14)23(18)19)9-12-10-20-22-17(12)11-4-3-5-13(8-11)24(26)27/h1-10H,(H,20,22). The van der Waals surface area contributed by atoms with Crippen LogP contribution in [0.15, 0.2) is 59.5 Å². The van der Waals surface area contributed by atoms with Crippen LogP contribution in [0.3, 0.4) is 0 Å². The van der Waals surface area contributed by atoms with Crippen LogP contribution in [0.25, 0.3) is 33.3 Å². The minimum atomic E-state index is -0.446. The lowest BCUT2D eigenvalue weighted by atomic mass is 10.1. The Morgan fingerprint density at radius 1 is 1.18 bits per heavy atom. The Morgan fingerprint density at radius 3 is 2.89 bits per heavy atom. The fourth-order valence-corrected chi connectivity index (χ4v) is 4.14. The average Bonchev–Trinajstić information content (AvgIpc) is 3.38. The molecule has 0 spiro atoms. The molecular weight excluding hydrogens is 378 g/mol. The molecule has 8 nitrogen and oxygen atoms in total. The number of H-pyrrole nitrogens is 1. The van der Waals surface area contributed by atoms with Crippen LogP contribution in [0, 0.1) is 10.1 Å². The number of nitro benzene ring substituents is 1. The van der Waals surface area contributed by atoms with Crippen LogP contribution < -0.4 is 10.1 Å². The smallest absolute Gasteiger partial charge is 0.274 e. The number of nitro groups is 1. The van der Waals surface area contributed by atoms with Crippen LogP contribution in [-0.2, 0) is 0 Å². The lowest BCUT2D eigenvalue weighted by Gasteiger charge is -1.99. The molecule has 3 heterocycles. The van der Waals surface area contributed by atoms with Crippen molar-refractivity contribution in [2.24, 2.45) is 0 Å². The molecule has 2 aromatic carbocycles. The van der Waals surface area contributed by atoms with E-state index in [0.717, 1.165) is 11.0 Å². The minimum absolute atomic E-state index is 0.0105. The van der Waals surface area contributed by atoms with Gasteiger partial charge in [0.2, 0.25) is 0 Å². The van der Waals surface area contributed by atoms with Gasteiger partial charge in [-0.1, -0.05) is 35.6 Å². The van der Waals surface area contributed by atoms with Gasteiger partial charge in [0.15, 0.2) is 4.96 Å². The second-order valence-electron chi connectivity index (χ2n) is 6.14. The largest absolute Gasteiger partial charge is 0.277 e. The van der Waals surface area contributed by atoms with Crippen molar-refractivity contribution in [2.75, 3.05) is 0 Å². The summed E-state index contributed by atoms with van der Waals surface area (Å²) in [6.07, 6.45) is 3.32. The van der Waals surface area contributed by atoms with Gasteiger partial charge in [-0.05, 0) is 18.2 Å². The van der Waals surface area contributed by atoms with Crippen LogP contribution in [0.4, 0.5) is 5.69 Å². The zero-order chi connectivity index (χ0) is 19.3. The highest BCUT2D eigenvalue weighted by Gasteiger charge is 2.13. The van der Waals surface area contributed by atoms with Gasteiger partial charge in [0, 0.05) is 23.3 Å². The molecule has 0 saturated carbocycles. The summed E-state index contributed by atoms with van der Waals surface area (Å²) in [5.74, 6) is 0. The number of para-hydroxylation sites is 2. The van der Waals surface area contributed by atoms with Gasteiger partial charge >= 0.3 is 0 Å². The summed E-state index contributed by atoms with van der Waals surface area (Å²) >= 11 is 1.29. The van der Waals surface area contributed by atoms with Crippen molar-refractivity contribution in [3.8, 4) is 11.3 Å². The molecule has 1 N–H and O–H groups in total. The number of hydrogen-bond acceptors (Lipinski definition) is 6. The van der Waals surface area contributed by atoms with E-state index in [-0.39, 0.29) is 11.2 Å². The maximum Gasteiger partial charge on any atom is 0.274 e. The number of nitrogens with zero attached hydrogens (tertiary/aromatic N) is 4. The molecule has 0 aliphatic rings. The van der Waals surface area contributed by atoms with Crippen LogP contribution in [0.1, 0.15) is 5.56 Å². The maximum atomic E-state index is 12.9. The van der Waals surface area contributed by atoms with E-state index in [1.165, 1.54) is 23.5 Å². The Bertz CT molecular complexity index is 1480. The molecule has 0 amide bonds. The van der Waals surface area contributed by atoms with Gasteiger partial charge in [-0.25, -0.2) is 9.38 Å². The summed E-state index contributed by atoms with van der Waals surface area (Å²) in [5.41, 5.74) is 3.29. The monoisotopic (exact) mass is 389 g/mol. The van der Waals surface area contributed by atoms with E-state index < -0.39 is 4.92 Å². The van der Waals surface area contributed by atoms with E-state index in [0.29, 0.717) is 26.3 Å². The minimum Gasteiger partial charge on any atom is -0.277 e. The molecule has 0 aliphatic heterocycles. The number of hydrogen-bond donors (Lipinski definition) is 1. The summed E-state index contributed by atoms with van der Waals surface area (Å²) in [6, 6.07) is 13.7. The Labute approximate surface area is 160 Å². The van der Waals surface area contributed by atoms with Crippen molar-refractivity contribution in [1.82, 2.24) is 19.6 Å². The fourth-order valence-electron chi connectivity index (χ4n) is 3.16. The highest BCUT2D eigenvalue weighted by atomic mass is 32.1. The normalized spacial score (nSPS) is 12.2. The van der Waals surface area contributed by atoms with Gasteiger partial charge in [-0.2, -0.15) is 5.10 Å². The van der Waals surface area contributed by atoms with Crippen molar-refractivity contribution in [3.63, 3.8) is 0 Å². The van der Waals surface area contributed by atoms with Crippen LogP contribution in [-0.4, -0.2) is 24.5 Å². The Morgan fingerprint density at radius 2 is 2.04 bits per heavy atom. The predicted octanol–water partition coefficient (Wildman–Crippen LogP) is 2.76. The van der Waals surface area contributed by atoms with Gasteiger partial charge in [0.25, 0.3) is 11.2 Å². The van der Waals surface area contributed by atoms with Crippen molar-refractivity contribution in [2.45, 2.75) is 0 Å². The molecule has 28 heavy (non-hydrogen) atoms. The van der Waals surface area contributed by atoms with Crippen LogP contribution in [0.2, 0.25) is 0 Å². The quantitative estimate of drug-likeness (QED) is 0.377. The van der Waals surface area contributed by atoms with E-state index >= 15 is 0 Å². The molecule has 5 aromatic rings. The van der Waals surface area contributed by atoms with Gasteiger partial charge in [-0.15, -0.1) is 0 Å². The van der Waals surface area contributed by atoms with Crippen LogP contribution in [0.5, 0.6) is 0 Å². The predicted molar refractivity (Wildman–Crippen MR) is 106 cm³/mol. The highest BCUT2D eigenvalue weighted by Crippen LogP contribution is 2.25. The fraction of sp³-hybridized carbons (Fsp3) is 0. The second-order valence-corrected chi connectivity index (χ2v) is 7.15. The molecule has 9 heteroatoms. The van der Waals surface area contributed by atoms with Crippen molar-refractivity contribution in [1.29, 1.82) is 0 Å². The van der Waals surface area contributed by atoms with Gasteiger partial charge in [-0.3, -0.25) is 20.0 Å². The third kappa shape index (κ3) is 2.48. The Hall–Kier alpha value is -3.85. The molecular formula is C19H11N5O3S. The first-order chi connectivity index (χ1) is 13.6. The topological polar surface area (TPSA) is 106 Å². The number of nitrogens with one attached hydrogen (secondary N) is 1. The van der Waals surface area contributed by atoms with Gasteiger partial charge in [0.1, 0.15) is 0 Å². The van der Waals surface area contributed by atoms with Crippen molar-refractivity contribution < 1.29 is 4.92 Å². The molecule has 3 aromatic heterocycles. The molecule has 136 valence electrons. The molecule has 0 bridgehead atoms. The average molecular weight is 389 g/mol. The SMILES string of the molecule is O=c1c(=Cc2cn[nH]c2-c2cccc([N+](=O)[O-])c2)sc2nc3ccccc3n12. The van der Waals surface area contributed by atoms with Crippen LogP contribution >= 0.6 is 11.3 Å². The lowest BCUT2D eigenvalue weighted by molar-refractivity contribution is -0.384. The van der Waals surface area contributed by atoms with Crippen molar-refractivity contribution in [3.05, 3.63) is 85.3 Å². The molecule has 0 fully saturated rings. The number of aromatic amines is 1. The Kier molecular flexibility index (Phi) is 3.56. The van der Waals surface area contributed by atoms with E-state index in [9.17, 15) is 14.9 Å². The Balaban J connectivity index is 1.68.